The summed E-state index contributed by atoms with van der Waals surface area (Å²) < 4.78 is 25.5. The summed E-state index contributed by atoms with van der Waals surface area (Å²) in [6.45, 7) is 1.15. The van der Waals surface area contributed by atoms with Crippen molar-refractivity contribution in [1.82, 2.24) is 0 Å². The summed E-state index contributed by atoms with van der Waals surface area (Å²) in [5.41, 5.74) is 5.74. The Morgan fingerprint density at radius 2 is 1.88 bits per heavy atom. The second-order valence-electron chi connectivity index (χ2n) is 5.15. The van der Waals surface area contributed by atoms with Crippen molar-refractivity contribution in [1.29, 1.82) is 0 Å². The highest BCUT2D eigenvalue weighted by atomic mass is 32.2. The number of carbonyl (C=O) groups excluding carboxylic acids is 1. The fourth-order valence-corrected chi connectivity index (χ4v) is 3.62. The molecule has 2 aromatic carbocycles. The molecule has 9 nitrogen and oxygen atoms in total. The minimum absolute atomic E-state index is 0.0321. The van der Waals surface area contributed by atoms with Crippen molar-refractivity contribution in [2.24, 2.45) is 10.8 Å². The summed E-state index contributed by atoms with van der Waals surface area (Å²) in [6.07, 6.45) is 0. The van der Waals surface area contributed by atoms with Gasteiger partial charge in [0, 0.05) is 13.0 Å². The average molecular weight is 362 g/mol. The zero-order valence-electron chi connectivity index (χ0n) is 13.0. The summed E-state index contributed by atoms with van der Waals surface area (Å²) in [6, 6.07) is 11.6. The highest BCUT2D eigenvalue weighted by Crippen LogP contribution is 2.31. The van der Waals surface area contributed by atoms with Crippen LogP contribution in [0.1, 0.15) is 6.92 Å². The number of nitrogens with zero attached hydrogens (tertiary/aromatic N) is 2. The second kappa shape index (κ2) is 6.16. The molecule has 0 aromatic heterocycles. The molecule has 0 saturated heterocycles. The maximum absolute atomic E-state index is 12.7. The fraction of sp³-hybridized carbons (Fsp3) is 0.0667. The largest absolute Gasteiger partial charge is 0.601 e. The topological polar surface area (TPSA) is 130 Å². The lowest BCUT2D eigenvalue weighted by molar-refractivity contribution is -0.784. The summed E-state index contributed by atoms with van der Waals surface area (Å²) in [4.78, 5) is 16.2. The minimum atomic E-state index is -3.82. The molecule has 3 N–H and O–H groups in total. The van der Waals surface area contributed by atoms with Crippen LogP contribution in [0.15, 0.2) is 63.4 Å². The van der Waals surface area contributed by atoms with Gasteiger partial charge in [0.15, 0.2) is 5.69 Å². The molecule has 1 unspecified atom stereocenters. The van der Waals surface area contributed by atoms with Gasteiger partial charge >= 0.3 is 5.97 Å². The van der Waals surface area contributed by atoms with Crippen LogP contribution in [0.3, 0.4) is 0 Å². The third-order valence-electron chi connectivity index (χ3n) is 3.43. The molecule has 0 radical (unpaired) electrons. The van der Waals surface area contributed by atoms with E-state index in [4.69, 9.17) is 10.6 Å². The lowest BCUT2D eigenvalue weighted by atomic mass is 10.2. The van der Waals surface area contributed by atoms with E-state index in [2.05, 4.69) is 5.10 Å². The van der Waals surface area contributed by atoms with Crippen LogP contribution in [0.4, 0.5) is 11.4 Å². The number of quaternary nitrogens is 1. The third-order valence-corrected chi connectivity index (χ3v) is 5.19. The predicted molar refractivity (Wildman–Crippen MR) is 88.2 cm³/mol. The summed E-state index contributed by atoms with van der Waals surface area (Å²) in [5.74, 6) is -1.06. The molecule has 25 heavy (non-hydrogen) atoms. The molecule has 1 aliphatic rings. The van der Waals surface area contributed by atoms with E-state index in [1.165, 1.54) is 30.3 Å². The molecule has 0 saturated carbocycles. The van der Waals surface area contributed by atoms with Crippen molar-refractivity contribution >= 4 is 33.1 Å². The standard InChI is InChI=1S/C15H14N4O5S/c1-10(20)24-18-14-9-12(7-8-13(14)19(21)17-15(18)16)25(22,23)11-5-3-2-4-6-11/h2-9,19H,1H3,(H2,16,17). The molecule has 1 atom stereocenters. The molecule has 0 fully saturated rings. The summed E-state index contributed by atoms with van der Waals surface area (Å²) in [7, 11) is -3.82. The lowest BCUT2D eigenvalue weighted by Crippen LogP contribution is -2.98. The van der Waals surface area contributed by atoms with Crippen LogP contribution in [0.5, 0.6) is 0 Å². The highest BCUT2D eigenvalue weighted by Gasteiger charge is 2.31. The van der Waals surface area contributed by atoms with Crippen molar-refractivity contribution in [3.05, 3.63) is 53.7 Å². The molecule has 0 bridgehead atoms. The number of nitrogens with one attached hydrogen (secondary N) is 1. The van der Waals surface area contributed by atoms with E-state index in [0.29, 0.717) is 0 Å². The average Bonchev–Trinajstić information content (AvgIpc) is 2.58. The number of hydrogen-bond acceptors (Lipinski definition) is 8. The SMILES string of the molecule is CC(=O)ON1C(N)=N[NH+]([O-])c2ccc(S(=O)(=O)c3ccccc3)cc21. The maximum atomic E-state index is 12.7. The van der Waals surface area contributed by atoms with Gasteiger partial charge in [-0.1, -0.05) is 18.2 Å². The number of fused-ring (bicyclic) bond motifs is 1. The van der Waals surface area contributed by atoms with Crippen molar-refractivity contribution in [2.75, 3.05) is 5.06 Å². The number of rotatable bonds is 3. The van der Waals surface area contributed by atoms with E-state index < -0.39 is 21.0 Å². The summed E-state index contributed by atoms with van der Waals surface area (Å²) >= 11 is 0. The molecule has 0 aliphatic carbocycles. The van der Waals surface area contributed by atoms with Crippen molar-refractivity contribution in [3.8, 4) is 0 Å². The van der Waals surface area contributed by atoms with Crippen LogP contribution in [0, 0.1) is 5.21 Å². The van der Waals surface area contributed by atoms with Crippen LogP contribution in [0.25, 0.3) is 0 Å². The Morgan fingerprint density at radius 3 is 2.52 bits per heavy atom. The van der Waals surface area contributed by atoms with E-state index in [0.717, 1.165) is 12.0 Å². The number of guanidine groups is 1. The predicted octanol–water partition coefficient (Wildman–Crippen LogP) is 0.0614. The van der Waals surface area contributed by atoms with Crippen molar-refractivity contribution in [3.63, 3.8) is 0 Å². The monoisotopic (exact) mass is 362 g/mol. The molecule has 1 heterocycles. The van der Waals surface area contributed by atoms with Crippen LogP contribution in [-0.4, -0.2) is 20.3 Å². The van der Waals surface area contributed by atoms with Gasteiger partial charge < -0.3 is 15.8 Å². The molecule has 10 heteroatoms. The van der Waals surface area contributed by atoms with Crippen LogP contribution in [0.2, 0.25) is 0 Å². The number of benzene rings is 2. The zero-order chi connectivity index (χ0) is 18.2. The molecular formula is C15H14N4O5S. The first-order valence-electron chi connectivity index (χ1n) is 7.12. The Labute approximate surface area is 143 Å². The van der Waals surface area contributed by atoms with Gasteiger partial charge in [-0.25, -0.2) is 18.4 Å². The first kappa shape index (κ1) is 16.9. The first-order valence-corrected chi connectivity index (χ1v) is 8.60. The summed E-state index contributed by atoms with van der Waals surface area (Å²) in [5, 5.41) is 15.7. The fourth-order valence-electron chi connectivity index (χ4n) is 2.32. The van der Waals surface area contributed by atoms with Crippen LogP contribution >= 0.6 is 0 Å². The van der Waals surface area contributed by atoms with Gasteiger partial charge in [0.05, 0.1) is 9.79 Å². The molecule has 0 spiro atoms. The van der Waals surface area contributed by atoms with Crippen molar-refractivity contribution < 1.29 is 23.2 Å². The van der Waals surface area contributed by atoms with Gasteiger partial charge in [-0.2, -0.15) is 0 Å². The van der Waals surface area contributed by atoms with E-state index in [1.54, 1.807) is 18.2 Å². The van der Waals surface area contributed by atoms with E-state index in [-0.39, 0.29) is 27.1 Å². The van der Waals surface area contributed by atoms with Crippen LogP contribution in [-0.2, 0) is 19.5 Å². The number of anilines is 1. The van der Waals surface area contributed by atoms with Gasteiger partial charge in [-0.3, -0.25) is 0 Å². The van der Waals surface area contributed by atoms with Gasteiger partial charge in [0.25, 0.3) is 5.96 Å². The number of sulfone groups is 1. The first-order chi connectivity index (χ1) is 11.8. The lowest BCUT2D eigenvalue weighted by Gasteiger charge is -2.29. The molecule has 2 aromatic rings. The Hall–Kier alpha value is -2.95. The van der Waals surface area contributed by atoms with Gasteiger partial charge in [-0.15, -0.1) is 5.06 Å². The molecule has 130 valence electrons. The van der Waals surface area contributed by atoms with Crippen LogP contribution < -0.4 is 16.0 Å². The van der Waals surface area contributed by atoms with E-state index in [1.807, 2.05) is 0 Å². The zero-order valence-corrected chi connectivity index (χ0v) is 13.9. The van der Waals surface area contributed by atoms with E-state index >= 15 is 0 Å². The minimum Gasteiger partial charge on any atom is -0.601 e. The normalized spacial score (nSPS) is 16.8. The maximum Gasteiger partial charge on any atom is 0.330 e. The highest BCUT2D eigenvalue weighted by molar-refractivity contribution is 7.91. The number of nitrogens with two attached hydrogens (primary N) is 1. The molecule has 1 aliphatic heterocycles. The molecule has 3 rings (SSSR count). The van der Waals surface area contributed by atoms with E-state index in [9.17, 15) is 18.4 Å². The molecular weight excluding hydrogens is 348 g/mol. The number of carbonyl (C=O) groups is 1. The smallest absolute Gasteiger partial charge is 0.330 e. The van der Waals surface area contributed by atoms with Crippen molar-refractivity contribution in [2.45, 2.75) is 16.7 Å². The Balaban J connectivity index is 2.13. The Morgan fingerprint density at radius 1 is 1.20 bits per heavy atom. The van der Waals surface area contributed by atoms with Gasteiger partial charge in [-0.05, 0) is 29.4 Å². The number of hydrogen-bond donors (Lipinski definition) is 2. The molecule has 0 amide bonds. The quantitative estimate of drug-likeness (QED) is 0.739. The Kier molecular flexibility index (Phi) is 4.17. The Bertz CT molecular complexity index is 959. The van der Waals surface area contributed by atoms with Gasteiger partial charge in [0.1, 0.15) is 5.69 Å². The number of hydroxylamine groups is 1. The van der Waals surface area contributed by atoms with Gasteiger partial charge in [0.2, 0.25) is 9.84 Å². The second-order valence-corrected chi connectivity index (χ2v) is 7.10. The third kappa shape index (κ3) is 3.05.